The smallest absolute Gasteiger partial charge is 0.264 e. The van der Waals surface area contributed by atoms with Crippen molar-refractivity contribution < 1.29 is 0 Å². The van der Waals surface area contributed by atoms with E-state index in [1.54, 1.807) is 0 Å². The molecule has 1 N–H and O–H groups in total. The minimum atomic E-state index is 0.0289. The number of nitrogens with zero attached hydrogens (tertiary/aromatic N) is 1. The number of hydrogen-bond donors (Lipinski definition) is 1. The molecule has 1 aliphatic rings. The summed E-state index contributed by atoms with van der Waals surface area (Å²) in [7, 11) is 0. The number of H-pyrrole nitrogens is 1. The van der Waals surface area contributed by atoms with E-state index >= 15 is 0 Å². The van der Waals surface area contributed by atoms with Gasteiger partial charge in [0.05, 0.1) is 9.26 Å². The number of aromatic nitrogens is 2. The van der Waals surface area contributed by atoms with Crippen molar-refractivity contribution in [3.8, 4) is 0 Å². The molecular formula is C12H17IN2O. The molecule has 3 nitrogen and oxygen atoms in total. The Kier molecular flexibility index (Phi) is 3.66. The first-order valence-electron chi connectivity index (χ1n) is 5.89. The Morgan fingerprint density at radius 3 is 2.56 bits per heavy atom. The molecule has 0 atom stereocenters. The second-order valence-electron chi connectivity index (χ2n) is 4.79. The van der Waals surface area contributed by atoms with Crippen LogP contribution in [0.25, 0.3) is 0 Å². The third kappa shape index (κ3) is 2.31. The Morgan fingerprint density at radius 1 is 1.38 bits per heavy atom. The van der Waals surface area contributed by atoms with Gasteiger partial charge < -0.3 is 4.98 Å². The zero-order valence-electron chi connectivity index (χ0n) is 9.72. The molecule has 16 heavy (non-hydrogen) atoms. The highest BCUT2D eigenvalue weighted by atomic mass is 127. The molecule has 0 amide bonds. The Balaban J connectivity index is 2.43. The molecule has 0 aliphatic heterocycles. The average Bonchev–Trinajstić information content (AvgIpc) is 2.74. The third-order valence-corrected chi connectivity index (χ3v) is 4.24. The minimum absolute atomic E-state index is 0.0289. The molecule has 0 radical (unpaired) electrons. The van der Waals surface area contributed by atoms with Gasteiger partial charge in [-0.2, -0.15) is 0 Å². The van der Waals surface area contributed by atoms with Gasteiger partial charge in [0.15, 0.2) is 0 Å². The quantitative estimate of drug-likeness (QED) is 0.846. The predicted molar refractivity (Wildman–Crippen MR) is 72.9 cm³/mol. The van der Waals surface area contributed by atoms with Crippen LogP contribution in [0, 0.1) is 3.57 Å². The molecule has 1 saturated carbocycles. The first kappa shape index (κ1) is 12.1. The lowest BCUT2D eigenvalue weighted by Gasteiger charge is -2.13. The first-order valence-corrected chi connectivity index (χ1v) is 6.97. The zero-order valence-corrected chi connectivity index (χ0v) is 11.9. The summed E-state index contributed by atoms with van der Waals surface area (Å²) < 4.78 is 0.745. The second kappa shape index (κ2) is 4.85. The molecule has 1 aromatic rings. The van der Waals surface area contributed by atoms with Crippen LogP contribution >= 0.6 is 22.6 Å². The lowest BCUT2D eigenvalue weighted by Crippen LogP contribution is -2.20. The van der Waals surface area contributed by atoms with E-state index in [2.05, 4.69) is 46.4 Å². The Morgan fingerprint density at radius 2 is 2.00 bits per heavy atom. The van der Waals surface area contributed by atoms with Crippen LogP contribution in [0.2, 0.25) is 0 Å². The monoisotopic (exact) mass is 332 g/mol. The average molecular weight is 332 g/mol. The van der Waals surface area contributed by atoms with Gasteiger partial charge in [0.2, 0.25) is 0 Å². The first-order chi connectivity index (χ1) is 7.59. The summed E-state index contributed by atoms with van der Waals surface area (Å²) in [6.45, 7) is 4.17. The van der Waals surface area contributed by atoms with Gasteiger partial charge in [0.1, 0.15) is 5.82 Å². The Labute approximate surface area is 109 Å². The van der Waals surface area contributed by atoms with Crippen LogP contribution in [-0.4, -0.2) is 9.97 Å². The lowest BCUT2D eigenvalue weighted by atomic mass is 10.1. The van der Waals surface area contributed by atoms with Crippen molar-refractivity contribution in [2.75, 3.05) is 0 Å². The molecule has 0 unspecified atom stereocenters. The van der Waals surface area contributed by atoms with Crippen molar-refractivity contribution in [1.29, 1.82) is 0 Å². The van der Waals surface area contributed by atoms with Crippen LogP contribution in [-0.2, 0) is 0 Å². The molecule has 4 heteroatoms. The summed E-state index contributed by atoms with van der Waals surface area (Å²) in [5, 5.41) is 0. The molecule has 88 valence electrons. The molecule has 1 heterocycles. The maximum absolute atomic E-state index is 11.8. The molecule has 1 aromatic heterocycles. The van der Waals surface area contributed by atoms with Crippen LogP contribution in [0.4, 0.5) is 0 Å². The maximum Gasteiger partial charge on any atom is 0.264 e. The summed E-state index contributed by atoms with van der Waals surface area (Å²) in [6.07, 6.45) is 4.86. The summed E-state index contributed by atoms with van der Waals surface area (Å²) in [6, 6.07) is 0. The Hall–Kier alpha value is -0.390. The van der Waals surface area contributed by atoms with E-state index in [0.717, 1.165) is 15.1 Å². The highest BCUT2D eigenvalue weighted by Gasteiger charge is 2.21. The van der Waals surface area contributed by atoms with E-state index in [9.17, 15) is 4.79 Å². The van der Waals surface area contributed by atoms with Crippen LogP contribution in [0.3, 0.4) is 0 Å². The molecule has 0 saturated heterocycles. The fraction of sp³-hybridized carbons (Fsp3) is 0.667. The van der Waals surface area contributed by atoms with Gasteiger partial charge in [-0.05, 0) is 41.4 Å². The van der Waals surface area contributed by atoms with Crippen molar-refractivity contribution in [1.82, 2.24) is 9.97 Å². The fourth-order valence-corrected chi connectivity index (χ4v) is 3.15. The summed E-state index contributed by atoms with van der Waals surface area (Å²) >= 11 is 2.09. The van der Waals surface area contributed by atoms with Gasteiger partial charge in [-0.25, -0.2) is 4.98 Å². The second-order valence-corrected chi connectivity index (χ2v) is 5.87. The molecule has 2 rings (SSSR count). The van der Waals surface area contributed by atoms with E-state index in [0.29, 0.717) is 11.8 Å². The molecule has 1 fully saturated rings. The SMILES string of the molecule is CC(C)c1nc(C2CCCC2)[nH]c(=O)c1I. The molecular weight excluding hydrogens is 315 g/mol. The van der Waals surface area contributed by atoms with Crippen LogP contribution in [0.5, 0.6) is 0 Å². The predicted octanol–water partition coefficient (Wildman–Crippen LogP) is 3.16. The van der Waals surface area contributed by atoms with Gasteiger partial charge in [-0.3, -0.25) is 4.79 Å². The van der Waals surface area contributed by atoms with Crippen molar-refractivity contribution in [3.63, 3.8) is 0 Å². The lowest BCUT2D eigenvalue weighted by molar-refractivity contribution is 0.644. The number of aromatic amines is 1. The maximum atomic E-state index is 11.8. The van der Waals surface area contributed by atoms with Crippen molar-refractivity contribution in [2.24, 2.45) is 0 Å². The minimum Gasteiger partial charge on any atom is -0.309 e. The van der Waals surface area contributed by atoms with Crippen molar-refractivity contribution >= 4 is 22.6 Å². The van der Waals surface area contributed by atoms with Crippen LogP contribution < -0.4 is 5.56 Å². The summed E-state index contributed by atoms with van der Waals surface area (Å²) in [5.41, 5.74) is 0.979. The van der Waals surface area contributed by atoms with Crippen LogP contribution in [0.15, 0.2) is 4.79 Å². The highest BCUT2D eigenvalue weighted by molar-refractivity contribution is 14.1. The van der Waals surface area contributed by atoms with Gasteiger partial charge in [-0.1, -0.05) is 26.7 Å². The van der Waals surface area contributed by atoms with E-state index in [-0.39, 0.29) is 5.56 Å². The normalized spacial score (nSPS) is 17.2. The summed E-state index contributed by atoms with van der Waals surface area (Å²) in [4.78, 5) is 19.4. The number of nitrogens with one attached hydrogen (secondary N) is 1. The van der Waals surface area contributed by atoms with E-state index in [4.69, 9.17) is 0 Å². The van der Waals surface area contributed by atoms with Crippen LogP contribution in [0.1, 0.15) is 62.9 Å². The molecule has 1 aliphatic carbocycles. The summed E-state index contributed by atoms with van der Waals surface area (Å²) in [5.74, 6) is 1.70. The van der Waals surface area contributed by atoms with Crippen molar-refractivity contribution in [2.45, 2.75) is 51.4 Å². The zero-order chi connectivity index (χ0) is 11.7. The van der Waals surface area contributed by atoms with Crippen molar-refractivity contribution in [3.05, 3.63) is 25.4 Å². The largest absolute Gasteiger partial charge is 0.309 e. The van der Waals surface area contributed by atoms with E-state index < -0.39 is 0 Å². The topological polar surface area (TPSA) is 45.8 Å². The standard InChI is InChI=1S/C12H17IN2O/c1-7(2)10-9(13)12(16)15-11(14-10)8-5-3-4-6-8/h7-8H,3-6H2,1-2H3,(H,14,15,16). The van der Waals surface area contributed by atoms with Gasteiger partial charge in [-0.15, -0.1) is 0 Å². The number of hydrogen-bond acceptors (Lipinski definition) is 2. The Bertz CT molecular complexity index is 433. The number of halogens is 1. The van der Waals surface area contributed by atoms with E-state index in [1.807, 2.05) is 0 Å². The van der Waals surface area contributed by atoms with Gasteiger partial charge in [0, 0.05) is 5.92 Å². The van der Waals surface area contributed by atoms with E-state index in [1.165, 1.54) is 25.7 Å². The van der Waals surface area contributed by atoms with Gasteiger partial charge in [0.25, 0.3) is 5.56 Å². The highest BCUT2D eigenvalue weighted by Crippen LogP contribution is 2.32. The fourth-order valence-electron chi connectivity index (χ4n) is 2.27. The molecule has 0 bridgehead atoms. The number of rotatable bonds is 2. The van der Waals surface area contributed by atoms with Gasteiger partial charge >= 0.3 is 0 Å². The molecule has 0 spiro atoms. The third-order valence-electron chi connectivity index (χ3n) is 3.20. The molecule has 0 aromatic carbocycles.